The number of nitrogens with zero attached hydrogens (tertiary/aromatic N) is 1. The fourth-order valence-corrected chi connectivity index (χ4v) is 2.84. The first kappa shape index (κ1) is 13.7. The number of halogens is 4. The van der Waals surface area contributed by atoms with Crippen LogP contribution in [-0.2, 0) is 11.3 Å². The molecule has 3 nitrogen and oxygen atoms in total. The van der Waals surface area contributed by atoms with Gasteiger partial charge >= 0.3 is 6.18 Å². The summed E-state index contributed by atoms with van der Waals surface area (Å²) in [5.74, 6) is -0.165. The van der Waals surface area contributed by atoms with E-state index in [0.29, 0.717) is 10.6 Å². The minimum absolute atomic E-state index is 0.0678. The summed E-state index contributed by atoms with van der Waals surface area (Å²) < 4.78 is 43.9. The number of alkyl halides is 4. The van der Waals surface area contributed by atoms with Crippen molar-refractivity contribution in [3.63, 3.8) is 0 Å². The standard InChI is InChI=1S/C10H9BrF3NO2S/c11-3-9(16)15-4-7-6(1-2-18-7)17-5-8(15)10(12,13)14/h1-2,8H,3-5H2. The summed E-state index contributed by atoms with van der Waals surface area (Å²) in [7, 11) is 0. The van der Waals surface area contributed by atoms with Crippen molar-refractivity contribution in [3.05, 3.63) is 16.3 Å². The fraction of sp³-hybridized carbons (Fsp3) is 0.500. The lowest BCUT2D eigenvalue weighted by Crippen LogP contribution is -2.51. The lowest BCUT2D eigenvalue weighted by atomic mass is 10.2. The molecule has 0 bridgehead atoms. The highest BCUT2D eigenvalue weighted by atomic mass is 79.9. The van der Waals surface area contributed by atoms with Crippen molar-refractivity contribution >= 4 is 33.2 Å². The second-order valence-corrected chi connectivity index (χ2v) is 5.29. The van der Waals surface area contributed by atoms with Crippen LogP contribution in [0, 0.1) is 0 Å². The second kappa shape index (κ2) is 5.08. The smallest absolute Gasteiger partial charge is 0.412 e. The molecule has 0 aliphatic carbocycles. The molecule has 2 rings (SSSR count). The lowest BCUT2D eigenvalue weighted by molar-refractivity contribution is -0.194. The van der Waals surface area contributed by atoms with Gasteiger partial charge in [0.05, 0.1) is 16.8 Å². The number of hydrogen-bond donors (Lipinski definition) is 0. The molecular weight excluding hydrogens is 335 g/mol. The quantitative estimate of drug-likeness (QED) is 0.734. The summed E-state index contributed by atoms with van der Waals surface area (Å²) in [6.07, 6.45) is -4.49. The van der Waals surface area contributed by atoms with E-state index in [1.54, 1.807) is 11.4 Å². The molecule has 0 saturated carbocycles. The van der Waals surface area contributed by atoms with Gasteiger partial charge in [-0.15, -0.1) is 11.3 Å². The second-order valence-electron chi connectivity index (χ2n) is 3.73. The van der Waals surface area contributed by atoms with Crippen LogP contribution in [0.1, 0.15) is 4.88 Å². The number of carbonyl (C=O) groups excluding carboxylic acids is 1. The molecule has 1 unspecified atom stereocenters. The Bertz CT molecular complexity index is 449. The zero-order chi connectivity index (χ0) is 13.3. The number of carbonyl (C=O) groups is 1. The highest BCUT2D eigenvalue weighted by molar-refractivity contribution is 9.09. The molecule has 0 spiro atoms. The Kier molecular flexibility index (Phi) is 3.86. The number of thiophene rings is 1. The van der Waals surface area contributed by atoms with E-state index in [0.717, 1.165) is 4.90 Å². The van der Waals surface area contributed by atoms with E-state index in [2.05, 4.69) is 15.9 Å². The molecule has 1 amide bonds. The van der Waals surface area contributed by atoms with E-state index in [1.165, 1.54) is 11.3 Å². The van der Waals surface area contributed by atoms with Gasteiger partial charge < -0.3 is 9.64 Å². The van der Waals surface area contributed by atoms with Crippen LogP contribution in [0.5, 0.6) is 5.75 Å². The van der Waals surface area contributed by atoms with Gasteiger partial charge in [-0.2, -0.15) is 13.2 Å². The number of hydrogen-bond acceptors (Lipinski definition) is 3. The normalized spacial score (nSPS) is 20.0. The Balaban J connectivity index is 2.32. The predicted octanol–water partition coefficient (Wildman–Crippen LogP) is 2.79. The van der Waals surface area contributed by atoms with E-state index in [-0.39, 0.29) is 11.9 Å². The van der Waals surface area contributed by atoms with Crippen LogP contribution in [0.15, 0.2) is 11.4 Å². The van der Waals surface area contributed by atoms with Crippen molar-refractivity contribution in [1.29, 1.82) is 0 Å². The SMILES string of the molecule is O=C(CBr)N1Cc2sccc2OCC1C(F)(F)F. The minimum Gasteiger partial charge on any atom is -0.490 e. The Morgan fingerprint density at radius 2 is 2.33 bits per heavy atom. The highest BCUT2D eigenvalue weighted by Gasteiger charge is 2.47. The average Bonchev–Trinajstić information content (AvgIpc) is 2.65. The molecule has 18 heavy (non-hydrogen) atoms. The average molecular weight is 344 g/mol. The summed E-state index contributed by atoms with van der Waals surface area (Å²) in [5.41, 5.74) is 0. The van der Waals surface area contributed by atoms with Crippen LogP contribution in [0.2, 0.25) is 0 Å². The molecule has 8 heteroatoms. The molecule has 0 N–H and O–H groups in total. The molecular formula is C10H9BrF3NO2S. The van der Waals surface area contributed by atoms with Gasteiger partial charge in [-0.3, -0.25) is 4.79 Å². The first-order valence-electron chi connectivity index (χ1n) is 5.05. The van der Waals surface area contributed by atoms with Gasteiger partial charge in [0.2, 0.25) is 5.91 Å². The van der Waals surface area contributed by atoms with Crippen molar-refractivity contribution in [2.24, 2.45) is 0 Å². The Morgan fingerprint density at radius 3 is 2.94 bits per heavy atom. The van der Waals surface area contributed by atoms with Crippen molar-refractivity contribution in [2.75, 3.05) is 11.9 Å². The van der Waals surface area contributed by atoms with Crippen LogP contribution in [0.3, 0.4) is 0 Å². The van der Waals surface area contributed by atoms with Gasteiger partial charge in [-0.05, 0) is 11.4 Å². The van der Waals surface area contributed by atoms with E-state index in [9.17, 15) is 18.0 Å². The molecule has 0 aromatic carbocycles. The van der Waals surface area contributed by atoms with E-state index < -0.39 is 24.7 Å². The molecule has 2 heterocycles. The molecule has 1 atom stereocenters. The summed E-state index contributed by atoms with van der Waals surface area (Å²) in [6, 6.07) is -0.280. The third-order valence-electron chi connectivity index (χ3n) is 2.60. The van der Waals surface area contributed by atoms with Crippen LogP contribution in [0.25, 0.3) is 0 Å². The van der Waals surface area contributed by atoms with Gasteiger partial charge in [-0.1, -0.05) is 15.9 Å². The van der Waals surface area contributed by atoms with E-state index in [1.807, 2.05) is 0 Å². The molecule has 0 fully saturated rings. The molecule has 100 valence electrons. The molecule has 0 saturated heterocycles. The Morgan fingerprint density at radius 1 is 1.61 bits per heavy atom. The largest absolute Gasteiger partial charge is 0.490 e. The summed E-state index contributed by atoms with van der Waals surface area (Å²) in [4.78, 5) is 13.1. The van der Waals surface area contributed by atoms with Crippen LogP contribution in [-0.4, -0.2) is 35.0 Å². The molecule has 1 aromatic rings. The van der Waals surface area contributed by atoms with Gasteiger partial charge in [0.15, 0.2) is 6.04 Å². The van der Waals surface area contributed by atoms with Crippen LogP contribution in [0.4, 0.5) is 13.2 Å². The van der Waals surface area contributed by atoms with Crippen LogP contribution < -0.4 is 4.74 Å². The Hall–Kier alpha value is -0.760. The number of rotatable bonds is 1. The maximum Gasteiger partial charge on any atom is 0.412 e. The third-order valence-corrected chi connectivity index (χ3v) is 3.97. The maximum absolute atomic E-state index is 12.9. The van der Waals surface area contributed by atoms with Crippen LogP contribution >= 0.6 is 27.3 Å². The minimum atomic E-state index is -4.49. The molecule has 1 aliphatic rings. The monoisotopic (exact) mass is 343 g/mol. The van der Waals surface area contributed by atoms with Gasteiger partial charge in [-0.25, -0.2) is 0 Å². The molecule has 1 aromatic heterocycles. The zero-order valence-corrected chi connectivity index (χ0v) is 11.4. The summed E-state index contributed by atoms with van der Waals surface area (Å²) in [5, 5.41) is 1.59. The van der Waals surface area contributed by atoms with Crippen molar-refractivity contribution < 1.29 is 22.7 Å². The van der Waals surface area contributed by atoms with Crippen molar-refractivity contribution in [2.45, 2.75) is 18.8 Å². The first-order chi connectivity index (χ1) is 8.43. The number of ether oxygens (including phenoxy) is 1. The number of fused-ring (bicyclic) bond motifs is 1. The van der Waals surface area contributed by atoms with E-state index >= 15 is 0 Å². The van der Waals surface area contributed by atoms with Gasteiger partial charge in [0.1, 0.15) is 12.4 Å². The zero-order valence-electron chi connectivity index (χ0n) is 9.04. The molecule has 0 radical (unpaired) electrons. The summed E-state index contributed by atoms with van der Waals surface area (Å²) in [6.45, 7) is -0.631. The topological polar surface area (TPSA) is 29.5 Å². The summed E-state index contributed by atoms with van der Waals surface area (Å²) >= 11 is 4.19. The fourth-order valence-electron chi connectivity index (χ4n) is 1.71. The first-order valence-corrected chi connectivity index (χ1v) is 7.05. The number of amides is 1. The van der Waals surface area contributed by atoms with E-state index in [4.69, 9.17) is 4.74 Å². The van der Waals surface area contributed by atoms with Crippen molar-refractivity contribution in [3.8, 4) is 5.75 Å². The molecule has 1 aliphatic heterocycles. The van der Waals surface area contributed by atoms with Gasteiger partial charge in [0, 0.05) is 0 Å². The Labute approximate surface area is 114 Å². The predicted molar refractivity (Wildman–Crippen MR) is 64.0 cm³/mol. The lowest BCUT2D eigenvalue weighted by Gasteiger charge is -2.30. The highest BCUT2D eigenvalue weighted by Crippen LogP contribution is 2.34. The third kappa shape index (κ3) is 2.64. The van der Waals surface area contributed by atoms with Gasteiger partial charge in [0.25, 0.3) is 0 Å². The maximum atomic E-state index is 12.9. The van der Waals surface area contributed by atoms with Crippen molar-refractivity contribution in [1.82, 2.24) is 4.90 Å².